The van der Waals surface area contributed by atoms with Crippen LogP contribution in [0.2, 0.25) is 0 Å². The molecule has 0 amide bonds. The number of hydrogen-bond acceptors (Lipinski definition) is 7. The van der Waals surface area contributed by atoms with Crippen LogP contribution in [-0.2, 0) is 25.2 Å². The van der Waals surface area contributed by atoms with Crippen LogP contribution in [0.25, 0.3) is 0 Å². The van der Waals surface area contributed by atoms with Crippen molar-refractivity contribution in [3.8, 4) is 11.5 Å². The summed E-state index contributed by atoms with van der Waals surface area (Å²) in [6, 6.07) is 25.4. The van der Waals surface area contributed by atoms with Gasteiger partial charge in [-0.1, -0.05) is 66.7 Å². The lowest BCUT2D eigenvalue weighted by Gasteiger charge is -2.19. The van der Waals surface area contributed by atoms with Gasteiger partial charge in [-0.15, -0.1) is 0 Å². The summed E-state index contributed by atoms with van der Waals surface area (Å²) in [5, 5.41) is 0. The Morgan fingerprint density at radius 1 is 0.806 bits per heavy atom. The minimum Gasteiger partial charge on any atom is -0.460 e. The van der Waals surface area contributed by atoms with Gasteiger partial charge >= 0.3 is 13.8 Å². The van der Waals surface area contributed by atoms with Gasteiger partial charge in [0, 0.05) is 0 Å². The number of carbonyl (C=O) groups is 1. The van der Waals surface area contributed by atoms with Crippen molar-refractivity contribution in [3.63, 3.8) is 0 Å². The molecule has 31 heavy (non-hydrogen) atoms. The predicted octanol–water partition coefficient (Wildman–Crippen LogP) is 4.73. The van der Waals surface area contributed by atoms with Gasteiger partial charge in [0.15, 0.2) is 0 Å². The van der Waals surface area contributed by atoms with Crippen molar-refractivity contribution in [1.29, 1.82) is 0 Å². The van der Waals surface area contributed by atoms with E-state index in [1.165, 1.54) is 0 Å². The number of benzene rings is 3. The van der Waals surface area contributed by atoms with Crippen LogP contribution in [0.4, 0.5) is 0 Å². The number of esters is 1. The number of carbonyl (C=O) groups excluding carboxylic acids is 1. The maximum atomic E-state index is 13.2. The van der Waals surface area contributed by atoms with Crippen LogP contribution in [0.15, 0.2) is 91.0 Å². The van der Waals surface area contributed by atoms with Crippen molar-refractivity contribution in [2.75, 3.05) is 6.61 Å². The molecule has 0 spiro atoms. The molecular weight excluding hydrogens is 417 g/mol. The topological polar surface area (TPSA) is 97.1 Å². The molecule has 1 atom stereocenters. The third-order valence-electron chi connectivity index (χ3n) is 4.13. The minimum atomic E-state index is -4.02. The molecule has 3 rings (SSSR count). The van der Waals surface area contributed by atoms with E-state index in [4.69, 9.17) is 24.0 Å². The Hall–Kier alpha value is -3.12. The van der Waals surface area contributed by atoms with Gasteiger partial charge in [-0.05, 0) is 36.2 Å². The summed E-state index contributed by atoms with van der Waals surface area (Å²) >= 11 is 0. The third kappa shape index (κ3) is 7.57. The molecule has 162 valence electrons. The van der Waals surface area contributed by atoms with Crippen molar-refractivity contribution in [1.82, 2.24) is 0 Å². The average molecular weight is 441 g/mol. The average Bonchev–Trinajstić information content (AvgIpc) is 2.79. The Bertz CT molecular complexity index is 939. The maximum absolute atomic E-state index is 13.2. The number of nitrogens with two attached hydrogens (primary N) is 1. The highest BCUT2D eigenvalue weighted by Gasteiger charge is 2.31. The Labute approximate surface area is 181 Å². The zero-order chi connectivity index (χ0) is 21.9. The smallest absolute Gasteiger partial charge is 0.460 e. The van der Waals surface area contributed by atoms with Crippen LogP contribution >= 0.6 is 7.82 Å². The summed E-state index contributed by atoms with van der Waals surface area (Å²) < 4.78 is 34.9. The molecule has 0 radical (unpaired) electrons. The zero-order valence-corrected chi connectivity index (χ0v) is 17.7. The lowest BCUT2D eigenvalue weighted by molar-refractivity contribution is -0.146. The van der Waals surface area contributed by atoms with E-state index in [2.05, 4.69) is 0 Å². The summed E-state index contributed by atoms with van der Waals surface area (Å²) in [5.74, 6) is 0.0805. The Morgan fingerprint density at radius 3 is 1.81 bits per heavy atom. The molecule has 0 fully saturated rings. The second-order valence-electron chi connectivity index (χ2n) is 6.58. The molecule has 0 aliphatic carbocycles. The molecule has 0 saturated heterocycles. The normalized spacial score (nSPS) is 12.0. The Kier molecular flexibility index (Phi) is 8.24. The minimum absolute atomic E-state index is 0.0773. The highest BCUT2D eigenvalue weighted by molar-refractivity contribution is 7.49. The summed E-state index contributed by atoms with van der Waals surface area (Å²) in [4.78, 5) is 12.1. The summed E-state index contributed by atoms with van der Waals surface area (Å²) in [6.07, 6.45) is 0.0773. The van der Waals surface area contributed by atoms with E-state index in [0.717, 1.165) is 5.56 Å². The second-order valence-corrected chi connectivity index (χ2v) is 8.10. The highest BCUT2D eigenvalue weighted by Crippen LogP contribution is 2.49. The number of hydrogen-bond donors (Lipinski definition) is 1. The summed E-state index contributed by atoms with van der Waals surface area (Å²) in [6.45, 7) is -0.000487. The first-order valence-corrected chi connectivity index (χ1v) is 11.2. The van der Waals surface area contributed by atoms with E-state index in [9.17, 15) is 9.36 Å². The Morgan fingerprint density at radius 2 is 1.29 bits per heavy atom. The number of phosphoric ester groups is 1. The van der Waals surface area contributed by atoms with Gasteiger partial charge in [0.25, 0.3) is 0 Å². The fourth-order valence-electron chi connectivity index (χ4n) is 2.54. The lowest BCUT2D eigenvalue weighted by Crippen LogP contribution is -2.33. The number of ether oxygens (including phenoxy) is 1. The van der Waals surface area contributed by atoms with Crippen molar-refractivity contribution in [2.24, 2.45) is 5.73 Å². The van der Waals surface area contributed by atoms with E-state index in [1.807, 2.05) is 30.3 Å². The maximum Gasteiger partial charge on any atom is 0.587 e. The van der Waals surface area contributed by atoms with Crippen molar-refractivity contribution < 1.29 is 27.7 Å². The molecule has 2 N–H and O–H groups in total. The molecule has 0 bridgehead atoms. The molecule has 0 aliphatic rings. The van der Waals surface area contributed by atoms with Crippen LogP contribution in [0.1, 0.15) is 12.0 Å². The Balaban J connectivity index is 1.55. The first-order chi connectivity index (χ1) is 15.0. The summed E-state index contributed by atoms with van der Waals surface area (Å²) in [7, 11) is -4.02. The second kappa shape index (κ2) is 11.3. The molecule has 8 heteroatoms. The van der Waals surface area contributed by atoms with Gasteiger partial charge in [-0.3, -0.25) is 9.32 Å². The van der Waals surface area contributed by atoms with Gasteiger partial charge in [0.05, 0.1) is 6.61 Å². The number of para-hydroxylation sites is 2. The monoisotopic (exact) mass is 441 g/mol. The van der Waals surface area contributed by atoms with Crippen LogP contribution in [-0.4, -0.2) is 18.6 Å². The third-order valence-corrected chi connectivity index (χ3v) is 5.49. The fourth-order valence-corrected chi connectivity index (χ4v) is 3.77. The van der Waals surface area contributed by atoms with E-state index in [0.29, 0.717) is 11.5 Å². The largest absolute Gasteiger partial charge is 0.587 e. The van der Waals surface area contributed by atoms with Gasteiger partial charge in [-0.25, -0.2) is 4.57 Å². The van der Waals surface area contributed by atoms with Crippen LogP contribution < -0.4 is 14.8 Å². The molecule has 3 aromatic rings. The number of rotatable bonds is 11. The molecule has 3 aromatic carbocycles. The van der Waals surface area contributed by atoms with Crippen molar-refractivity contribution >= 4 is 13.8 Å². The molecule has 0 heterocycles. The number of phosphoric acid groups is 1. The van der Waals surface area contributed by atoms with E-state index >= 15 is 0 Å². The molecule has 0 aromatic heterocycles. The van der Waals surface area contributed by atoms with Gasteiger partial charge in [0.2, 0.25) is 0 Å². The summed E-state index contributed by atoms with van der Waals surface area (Å²) in [5.41, 5.74) is 6.75. The fraction of sp³-hybridized carbons (Fsp3) is 0.174. The lowest BCUT2D eigenvalue weighted by atomic mass is 10.2. The molecule has 0 aliphatic heterocycles. The van der Waals surface area contributed by atoms with Crippen LogP contribution in [0.5, 0.6) is 11.5 Å². The first-order valence-electron chi connectivity index (χ1n) is 9.74. The standard InChI is InChI=1S/C23H24NO6P/c24-22(23(25)27-18-19-10-4-1-5-11-19)16-17-28-31(26,29-20-12-6-2-7-13-20)30-21-14-8-3-9-15-21/h1-15,22H,16-18,24H2. The van der Waals surface area contributed by atoms with Gasteiger partial charge < -0.3 is 19.5 Å². The van der Waals surface area contributed by atoms with Crippen LogP contribution in [0, 0.1) is 0 Å². The highest BCUT2D eigenvalue weighted by atomic mass is 31.2. The zero-order valence-electron chi connectivity index (χ0n) is 16.8. The van der Waals surface area contributed by atoms with E-state index < -0.39 is 19.8 Å². The molecular formula is C23H24NO6P. The van der Waals surface area contributed by atoms with Crippen LogP contribution in [0.3, 0.4) is 0 Å². The van der Waals surface area contributed by atoms with Gasteiger partial charge in [-0.2, -0.15) is 0 Å². The first kappa shape index (κ1) is 22.6. The molecule has 7 nitrogen and oxygen atoms in total. The van der Waals surface area contributed by atoms with Crippen molar-refractivity contribution in [3.05, 3.63) is 96.6 Å². The molecule has 1 unspecified atom stereocenters. The van der Waals surface area contributed by atoms with E-state index in [-0.39, 0.29) is 19.6 Å². The quantitative estimate of drug-likeness (QED) is 0.339. The van der Waals surface area contributed by atoms with E-state index in [1.54, 1.807) is 60.7 Å². The SMILES string of the molecule is NC(CCOP(=O)(Oc1ccccc1)Oc1ccccc1)C(=O)OCc1ccccc1. The predicted molar refractivity (Wildman–Crippen MR) is 117 cm³/mol. The molecule has 0 saturated carbocycles. The van der Waals surface area contributed by atoms with Crippen molar-refractivity contribution in [2.45, 2.75) is 19.1 Å². The van der Waals surface area contributed by atoms with Gasteiger partial charge in [0.1, 0.15) is 24.1 Å².